The molecule has 0 spiro atoms. The molecule has 0 unspecified atom stereocenters. The van der Waals surface area contributed by atoms with E-state index in [2.05, 4.69) is 10.3 Å². The maximum atomic E-state index is 6.20. The van der Waals surface area contributed by atoms with Gasteiger partial charge in [0, 0.05) is 35.9 Å². The van der Waals surface area contributed by atoms with Crippen LogP contribution in [0.15, 0.2) is 30.7 Å². The Morgan fingerprint density at radius 2 is 2.12 bits per heavy atom. The van der Waals surface area contributed by atoms with E-state index >= 15 is 0 Å². The molecule has 17 heavy (non-hydrogen) atoms. The van der Waals surface area contributed by atoms with E-state index in [-0.39, 0.29) is 0 Å². The van der Waals surface area contributed by atoms with Crippen LogP contribution in [0.25, 0.3) is 5.69 Å². The third kappa shape index (κ3) is 1.95. The van der Waals surface area contributed by atoms with E-state index in [4.69, 9.17) is 23.2 Å². The minimum Gasteiger partial charge on any atom is -0.315 e. The molecule has 1 saturated heterocycles. The van der Waals surface area contributed by atoms with Crippen LogP contribution in [0.2, 0.25) is 10.0 Å². The van der Waals surface area contributed by atoms with Gasteiger partial charge in [0.05, 0.1) is 17.0 Å². The van der Waals surface area contributed by atoms with Gasteiger partial charge in [-0.2, -0.15) is 0 Å². The van der Waals surface area contributed by atoms with Crippen molar-refractivity contribution in [2.75, 3.05) is 13.1 Å². The second-order valence-corrected chi connectivity index (χ2v) is 4.98. The molecule has 0 bridgehead atoms. The average Bonchev–Trinajstić information content (AvgIpc) is 2.68. The van der Waals surface area contributed by atoms with Gasteiger partial charge in [0.15, 0.2) is 0 Å². The quantitative estimate of drug-likeness (QED) is 0.907. The normalized spacial score (nSPS) is 15.9. The summed E-state index contributed by atoms with van der Waals surface area (Å²) in [4.78, 5) is 4.21. The minimum absolute atomic E-state index is 0.507. The van der Waals surface area contributed by atoms with E-state index in [1.165, 1.54) is 5.69 Å². The lowest BCUT2D eigenvalue weighted by Gasteiger charge is -2.28. The molecule has 1 aliphatic rings. The van der Waals surface area contributed by atoms with Gasteiger partial charge in [-0.15, -0.1) is 0 Å². The number of hydrogen-bond acceptors (Lipinski definition) is 2. The van der Waals surface area contributed by atoms with Crippen molar-refractivity contribution >= 4 is 23.2 Å². The zero-order valence-corrected chi connectivity index (χ0v) is 10.5. The Morgan fingerprint density at radius 3 is 2.82 bits per heavy atom. The standard InChI is InChI=1S/C12H11Cl2N3/c13-9-1-2-10(14)11(3-9)17-7-16-6-12(17)8-4-15-5-8/h1-3,6-8,15H,4-5H2. The van der Waals surface area contributed by atoms with E-state index in [0.717, 1.165) is 18.8 Å². The largest absolute Gasteiger partial charge is 0.315 e. The topological polar surface area (TPSA) is 29.9 Å². The van der Waals surface area contributed by atoms with Crippen LogP contribution in [0, 0.1) is 0 Å². The van der Waals surface area contributed by atoms with Crippen LogP contribution in [0.1, 0.15) is 11.6 Å². The van der Waals surface area contributed by atoms with Crippen molar-refractivity contribution in [1.82, 2.24) is 14.9 Å². The molecule has 0 saturated carbocycles. The van der Waals surface area contributed by atoms with Gasteiger partial charge in [0.25, 0.3) is 0 Å². The first-order valence-electron chi connectivity index (χ1n) is 5.44. The van der Waals surface area contributed by atoms with Crippen molar-refractivity contribution < 1.29 is 0 Å². The van der Waals surface area contributed by atoms with Crippen LogP contribution < -0.4 is 5.32 Å². The first-order valence-corrected chi connectivity index (χ1v) is 6.19. The van der Waals surface area contributed by atoms with E-state index in [9.17, 15) is 0 Å². The molecule has 1 aromatic heterocycles. The fraction of sp³-hybridized carbons (Fsp3) is 0.250. The van der Waals surface area contributed by atoms with Crippen molar-refractivity contribution in [3.8, 4) is 5.69 Å². The number of imidazole rings is 1. The van der Waals surface area contributed by atoms with Gasteiger partial charge >= 0.3 is 0 Å². The Labute approximate surface area is 109 Å². The van der Waals surface area contributed by atoms with Gasteiger partial charge < -0.3 is 9.88 Å². The monoisotopic (exact) mass is 267 g/mol. The lowest BCUT2D eigenvalue weighted by molar-refractivity contribution is 0.435. The van der Waals surface area contributed by atoms with Gasteiger partial charge in [-0.05, 0) is 18.2 Å². The minimum atomic E-state index is 0.507. The van der Waals surface area contributed by atoms with Gasteiger partial charge in [0.1, 0.15) is 0 Å². The van der Waals surface area contributed by atoms with Crippen molar-refractivity contribution in [3.05, 3.63) is 46.5 Å². The number of nitrogens with one attached hydrogen (secondary N) is 1. The fourth-order valence-electron chi connectivity index (χ4n) is 1.98. The zero-order chi connectivity index (χ0) is 11.8. The fourth-order valence-corrected chi connectivity index (χ4v) is 2.35. The van der Waals surface area contributed by atoms with Crippen LogP contribution >= 0.6 is 23.2 Å². The molecule has 1 aliphatic heterocycles. The zero-order valence-electron chi connectivity index (χ0n) is 9.03. The number of halogens is 2. The summed E-state index contributed by atoms with van der Waals surface area (Å²) in [6, 6.07) is 5.46. The number of aromatic nitrogens is 2. The lowest BCUT2D eigenvalue weighted by atomic mass is 10.00. The van der Waals surface area contributed by atoms with Crippen LogP contribution in [-0.4, -0.2) is 22.6 Å². The van der Waals surface area contributed by atoms with Gasteiger partial charge in [-0.25, -0.2) is 4.98 Å². The SMILES string of the molecule is Clc1ccc(Cl)c(-n2cncc2C2CNC2)c1. The molecule has 3 rings (SSSR count). The highest BCUT2D eigenvalue weighted by atomic mass is 35.5. The maximum absolute atomic E-state index is 6.20. The molecule has 2 heterocycles. The van der Waals surface area contributed by atoms with Gasteiger partial charge in [-0.1, -0.05) is 23.2 Å². The van der Waals surface area contributed by atoms with E-state index < -0.39 is 0 Å². The van der Waals surface area contributed by atoms with Crippen molar-refractivity contribution in [1.29, 1.82) is 0 Å². The number of benzene rings is 1. The number of rotatable bonds is 2. The highest BCUT2D eigenvalue weighted by molar-refractivity contribution is 6.34. The molecule has 1 N–H and O–H groups in total. The molecule has 88 valence electrons. The molecular formula is C12H11Cl2N3. The predicted molar refractivity (Wildman–Crippen MR) is 69.2 cm³/mol. The Bertz CT molecular complexity index is 546. The van der Waals surface area contributed by atoms with Crippen molar-refractivity contribution in [2.45, 2.75) is 5.92 Å². The summed E-state index contributed by atoms with van der Waals surface area (Å²) >= 11 is 12.2. The molecule has 1 fully saturated rings. The van der Waals surface area contributed by atoms with Crippen LogP contribution in [0.4, 0.5) is 0 Å². The molecular weight excluding hydrogens is 257 g/mol. The summed E-state index contributed by atoms with van der Waals surface area (Å²) in [5.74, 6) is 0.507. The Kier molecular flexibility index (Phi) is 2.82. The third-order valence-electron chi connectivity index (χ3n) is 3.03. The second-order valence-electron chi connectivity index (χ2n) is 4.14. The van der Waals surface area contributed by atoms with Crippen LogP contribution in [0.3, 0.4) is 0 Å². The summed E-state index contributed by atoms with van der Waals surface area (Å²) in [5, 5.41) is 4.61. The average molecular weight is 268 g/mol. The highest BCUT2D eigenvalue weighted by Gasteiger charge is 2.23. The maximum Gasteiger partial charge on any atom is 0.0994 e. The third-order valence-corrected chi connectivity index (χ3v) is 3.59. The summed E-state index contributed by atoms with van der Waals surface area (Å²) < 4.78 is 2.01. The second kappa shape index (κ2) is 4.33. The van der Waals surface area contributed by atoms with Crippen molar-refractivity contribution in [3.63, 3.8) is 0 Å². The smallest absolute Gasteiger partial charge is 0.0994 e. The van der Waals surface area contributed by atoms with E-state index in [1.54, 1.807) is 12.4 Å². The summed E-state index contributed by atoms with van der Waals surface area (Å²) in [6.45, 7) is 1.98. The molecule has 0 radical (unpaired) electrons. The van der Waals surface area contributed by atoms with Gasteiger partial charge in [0.2, 0.25) is 0 Å². The molecule has 0 atom stereocenters. The molecule has 3 nitrogen and oxygen atoms in total. The Hall–Kier alpha value is -1.03. The number of hydrogen-bond donors (Lipinski definition) is 1. The summed E-state index contributed by atoms with van der Waals surface area (Å²) in [6.07, 6.45) is 3.67. The predicted octanol–water partition coefficient (Wildman–Crippen LogP) is 2.87. The first kappa shape index (κ1) is 11.1. The molecule has 0 amide bonds. The molecule has 2 aromatic rings. The molecule has 5 heteroatoms. The Morgan fingerprint density at radius 1 is 1.29 bits per heavy atom. The first-order chi connectivity index (χ1) is 8.25. The van der Waals surface area contributed by atoms with Crippen molar-refractivity contribution in [2.24, 2.45) is 0 Å². The highest BCUT2D eigenvalue weighted by Crippen LogP contribution is 2.28. The van der Waals surface area contributed by atoms with Crippen LogP contribution in [0.5, 0.6) is 0 Å². The molecule has 1 aromatic carbocycles. The lowest BCUT2D eigenvalue weighted by Crippen LogP contribution is -2.40. The molecule has 0 aliphatic carbocycles. The number of nitrogens with zero attached hydrogens (tertiary/aromatic N) is 2. The van der Waals surface area contributed by atoms with Gasteiger partial charge in [-0.3, -0.25) is 0 Å². The summed E-state index contributed by atoms with van der Waals surface area (Å²) in [5.41, 5.74) is 2.06. The van der Waals surface area contributed by atoms with E-state index in [1.807, 2.05) is 22.9 Å². The Balaban J connectivity index is 2.08. The summed E-state index contributed by atoms with van der Waals surface area (Å²) in [7, 11) is 0. The van der Waals surface area contributed by atoms with Crippen LogP contribution in [-0.2, 0) is 0 Å². The van der Waals surface area contributed by atoms with E-state index in [0.29, 0.717) is 16.0 Å².